The lowest BCUT2D eigenvalue weighted by molar-refractivity contribution is 0.946. The largest absolute Gasteiger partial charge is 0.238 e. The normalized spacial score (nSPS) is 14.3. The van der Waals surface area contributed by atoms with Gasteiger partial charge in [-0.1, -0.05) is 80.6 Å². The molecule has 0 heterocycles. The van der Waals surface area contributed by atoms with Gasteiger partial charge in [0.15, 0.2) is 0 Å². The van der Waals surface area contributed by atoms with Crippen molar-refractivity contribution in [3.8, 4) is 0 Å². The van der Waals surface area contributed by atoms with E-state index in [4.69, 9.17) is 4.99 Å². The van der Waals surface area contributed by atoms with Crippen molar-refractivity contribution in [3.05, 3.63) is 84.1 Å². The van der Waals surface area contributed by atoms with E-state index >= 15 is 0 Å². The van der Waals surface area contributed by atoms with Crippen molar-refractivity contribution in [2.24, 2.45) is 9.98 Å². The van der Waals surface area contributed by atoms with Crippen LogP contribution in [-0.2, 0) is 0 Å². The molecule has 0 N–H and O–H groups in total. The Morgan fingerprint density at radius 1 is 1.04 bits per heavy atom. The van der Waals surface area contributed by atoms with Crippen LogP contribution in [-0.4, -0.2) is 11.5 Å². The third-order valence-electron chi connectivity index (χ3n) is 3.43. The second-order valence-electron chi connectivity index (χ2n) is 5.57. The van der Waals surface area contributed by atoms with Crippen molar-refractivity contribution in [3.63, 3.8) is 0 Å². The molecule has 0 aromatic heterocycles. The Balaban J connectivity index is 3.06. The molecule has 24 heavy (non-hydrogen) atoms. The Morgan fingerprint density at radius 3 is 2.38 bits per heavy atom. The molecule has 0 aliphatic heterocycles. The van der Waals surface area contributed by atoms with Crippen LogP contribution in [0, 0.1) is 0 Å². The number of hydrogen-bond donors (Lipinski definition) is 0. The van der Waals surface area contributed by atoms with E-state index in [1.807, 2.05) is 50.3 Å². The van der Waals surface area contributed by atoms with Crippen LogP contribution in [0.15, 0.2) is 88.5 Å². The lowest BCUT2D eigenvalue weighted by Gasteiger charge is -2.05. The van der Waals surface area contributed by atoms with Crippen molar-refractivity contribution >= 4 is 11.5 Å². The first-order valence-electron chi connectivity index (χ1n) is 8.41. The zero-order valence-corrected chi connectivity index (χ0v) is 15.3. The van der Waals surface area contributed by atoms with Gasteiger partial charge in [0, 0.05) is 5.71 Å². The smallest absolute Gasteiger partial charge is 0.126 e. The summed E-state index contributed by atoms with van der Waals surface area (Å²) in [6, 6.07) is 10.2. The van der Waals surface area contributed by atoms with Gasteiger partial charge in [-0.2, -0.15) is 0 Å². The second kappa shape index (κ2) is 11.1. The van der Waals surface area contributed by atoms with Crippen molar-refractivity contribution in [2.75, 3.05) is 0 Å². The lowest BCUT2D eigenvalue weighted by atomic mass is 10.1. The molecule has 0 bridgehead atoms. The minimum atomic E-state index is 0.763. The van der Waals surface area contributed by atoms with Crippen LogP contribution in [0.5, 0.6) is 0 Å². The van der Waals surface area contributed by atoms with Gasteiger partial charge >= 0.3 is 0 Å². The first-order valence-corrected chi connectivity index (χ1v) is 8.41. The molecule has 0 spiro atoms. The van der Waals surface area contributed by atoms with E-state index in [0.717, 1.165) is 41.2 Å². The van der Waals surface area contributed by atoms with Gasteiger partial charge in [-0.05, 0) is 38.3 Å². The summed E-state index contributed by atoms with van der Waals surface area (Å²) >= 11 is 0. The Bertz CT molecular complexity index is 671. The van der Waals surface area contributed by atoms with Gasteiger partial charge in [0.1, 0.15) is 5.84 Å². The molecule has 0 radical (unpaired) electrons. The van der Waals surface area contributed by atoms with Crippen LogP contribution in [0.2, 0.25) is 0 Å². The fourth-order valence-electron chi connectivity index (χ4n) is 2.13. The molecule has 0 unspecified atom stereocenters. The van der Waals surface area contributed by atoms with Gasteiger partial charge in [-0.3, -0.25) is 0 Å². The first kappa shape index (κ1) is 19.6. The highest BCUT2D eigenvalue weighted by Crippen LogP contribution is 2.14. The molecule has 0 atom stereocenters. The summed E-state index contributed by atoms with van der Waals surface area (Å²) in [6.45, 7) is 11.9. The van der Waals surface area contributed by atoms with Gasteiger partial charge in [0.05, 0.1) is 5.70 Å². The molecule has 2 nitrogen and oxygen atoms in total. The molecule has 0 amide bonds. The van der Waals surface area contributed by atoms with Crippen molar-refractivity contribution in [1.29, 1.82) is 0 Å². The zero-order chi connectivity index (χ0) is 17.8. The van der Waals surface area contributed by atoms with E-state index in [1.54, 1.807) is 6.08 Å². The van der Waals surface area contributed by atoms with Crippen molar-refractivity contribution in [1.82, 2.24) is 0 Å². The zero-order valence-electron chi connectivity index (χ0n) is 15.3. The second-order valence-corrected chi connectivity index (χ2v) is 5.57. The molecule has 0 aliphatic carbocycles. The molecule has 0 saturated heterocycles. The van der Waals surface area contributed by atoms with Gasteiger partial charge in [-0.15, -0.1) is 0 Å². The first-order chi connectivity index (χ1) is 11.6. The molecule has 1 rings (SSSR count). The number of aliphatic imine (C=N–C) groups is 2. The van der Waals surface area contributed by atoms with Crippen molar-refractivity contribution in [2.45, 2.75) is 40.5 Å². The standard InChI is InChI=1S/C22H28N2/c1-6-8-11-14-18(3)22(17-9-7-2)24-20(5)23-19(4)21-15-12-10-13-16-21/h6,8,10-17H,1,7,9H2,2-5H3/b11-8-,18-14+,22-17-,23-19?,24-20?. The van der Waals surface area contributed by atoms with Crippen LogP contribution in [0.25, 0.3) is 0 Å². The molecule has 0 saturated carbocycles. The predicted octanol–water partition coefficient (Wildman–Crippen LogP) is 6.29. The molecule has 1 aromatic rings. The van der Waals surface area contributed by atoms with E-state index < -0.39 is 0 Å². The summed E-state index contributed by atoms with van der Waals surface area (Å²) in [7, 11) is 0. The maximum absolute atomic E-state index is 4.72. The number of hydrogen-bond acceptors (Lipinski definition) is 1. The van der Waals surface area contributed by atoms with E-state index in [9.17, 15) is 0 Å². The van der Waals surface area contributed by atoms with E-state index in [0.29, 0.717) is 0 Å². The maximum atomic E-state index is 4.72. The molecule has 1 aromatic carbocycles. The molecule has 126 valence electrons. The number of allylic oxidation sites excluding steroid dienone is 6. The monoisotopic (exact) mass is 320 g/mol. The molecular formula is C22H28N2. The Hall–Kier alpha value is -2.48. The molecule has 0 aliphatic rings. The van der Waals surface area contributed by atoms with Crippen LogP contribution in [0.1, 0.15) is 46.1 Å². The van der Waals surface area contributed by atoms with Crippen LogP contribution in [0.4, 0.5) is 0 Å². The maximum Gasteiger partial charge on any atom is 0.126 e. The third kappa shape index (κ3) is 7.19. The molecular weight excluding hydrogens is 292 g/mol. The molecule has 2 heteroatoms. The topological polar surface area (TPSA) is 24.7 Å². The number of unbranched alkanes of at least 4 members (excludes halogenated alkanes) is 1. The average Bonchev–Trinajstić information content (AvgIpc) is 2.59. The highest BCUT2D eigenvalue weighted by Gasteiger charge is 2.00. The fourth-order valence-corrected chi connectivity index (χ4v) is 2.13. The van der Waals surface area contributed by atoms with Crippen LogP contribution in [0.3, 0.4) is 0 Å². The highest BCUT2D eigenvalue weighted by atomic mass is 14.9. The predicted molar refractivity (Wildman–Crippen MR) is 108 cm³/mol. The van der Waals surface area contributed by atoms with Gasteiger partial charge in [0.2, 0.25) is 0 Å². The summed E-state index contributed by atoms with van der Waals surface area (Å²) in [5.74, 6) is 0.763. The number of nitrogens with zero attached hydrogens (tertiary/aromatic N) is 2. The van der Waals surface area contributed by atoms with Gasteiger partial charge < -0.3 is 0 Å². The minimum absolute atomic E-state index is 0.763. The third-order valence-corrected chi connectivity index (χ3v) is 3.43. The SMILES string of the molecule is C=C\C=C/C=C(C)/C(=C/CCC)N=C(C)N=C(C)c1ccccc1. The minimum Gasteiger partial charge on any atom is -0.238 e. The lowest BCUT2D eigenvalue weighted by Crippen LogP contribution is -1.99. The number of amidine groups is 1. The number of rotatable bonds is 7. The van der Waals surface area contributed by atoms with Crippen molar-refractivity contribution < 1.29 is 0 Å². The Kier molecular flexibility index (Phi) is 9.06. The van der Waals surface area contributed by atoms with Crippen LogP contribution >= 0.6 is 0 Å². The summed E-state index contributed by atoms with van der Waals surface area (Å²) in [5, 5.41) is 0. The van der Waals surface area contributed by atoms with Gasteiger partial charge in [-0.25, -0.2) is 9.98 Å². The summed E-state index contributed by atoms with van der Waals surface area (Å²) < 4.78 is 0. The summed E-state index contributed by atoms with van der Waals surface area (Å²) in [6.07, 6.45) is 12.0. The average molecular weight is 320 g/mol. The Morgan fingerprint density at radius 2 is 1.75 bits per heavy atom. The molecule has 0 fully saturated rings. The Labute approximate surface area is 146 Å². The van der Waals surface area contributed by atoms with E-state index in [1.165, 1.54) is 0 Å². The number of benzene rings is 1. The van der Waals surface area contributed by atoms with Gasteiger partial charge in [0.25, 0.3) is 0 Å². The highest BCUT2D eigenvalue weighted by molar-refractivity contribution is 6.05. The van der Waals surface area contributed by atoms with Crippen LogP contribution < -0.4 is 0 Å². The summed E-state index contributed by atoms with van der Waals surface area (Å²) in [4.78, 5) is 9.36. The van der Waals surface area contributed by atoms with E-state index in [2.05, 4.69) is 43.6 Å². The van der Waals surface area contributed by atoms with E-state index in [-0.39, 0.29) is 0 Å². The fraction of sp³-hybridized carbons (Fsp3) is 0.273. The quantitative estimate of drug-likeness (QED) is 0.320. The summed E-state index contributed by atoms with van der Waals surface area (Å²) in [5.41, 5.74) is 4.19.